The first-order chi connectivity index (χ1) is 5.24. The maximum absolute atomic E-state index is 5.84. The molecule has 2 N–H and O–H groups in total. The van der Waals surface area contributed by atoms with Gasteiger partial charge in [0, 0.05) is 19.3 Å². The standard InChI is InChI=1S/C8H15N3/c1-3-4-7(9)8-5-6-11(2)10-8/h5-7H,3-4,9H2,1-2H3. The molecule has 0 saturated heterocycles. The van der Waals surface area contributed by atoms with Gasteiger partial charge in [-0.1, -0.05) is 13.3 Å². The smallest absolute Gasteiger partial charge is 0.0791 e. The van der Waals surface area contributed by atoms with Gasteiger partial charge < -0.3 is 5.73 Å². The number of hydrogen-bond donors (Lipinski definition) is 1. The lowest BCUT2D eigenvalue weighted by molar-refractivity contribution is 0.604. The van der Waals surface area contributed by atoms with E-state index < -0.39 is 0 Å². The Morgan fingerprint density at radius 2 is 2.45 bits per heavy atom. The summed E-state index contributed by atoms with van der Waals surface area (Å²) in [5.41, 5.74) is 6.84. The fourth-order valence-electron chi connectivity index (χ4n) is 1.09. The number of rotatable bonds is 3. The second-order valence-electron chi connectivity index (χ2n) is 2.81. The molecule has 0 bridgehead atoms. The van der Waals surface area contributed by atoms with Crippen LogP contribution in [-0.4, -0.2) is 9.78 Å². The average molecular weight is 153 g/mol. The Kier molecular flexibility index (Phi) is 2.65. The van der Waals surface area contributed by atoms with E-state index >= 15 is 0 Å². The van der Waals surface area contributed by atoms with Crippen molar-refractivity contribution in [3.63, 3.8) is 0 Å². The minimum Gasteiger partial charge on any atom is -0.323 e. The molecule has 0 aliphatic rings. The molecule has 0 radical (unpaired) electrons. The SMILES string of the molecule is CCCC(N)c1ccn(C)n1. The Labute approximate surface area is 67.2 Å². The minimum atomic E-state index is 0.112. The predicted molar refractivity (Wildman–Crippen MR) is 45.0 cm³/mol. The van der Waals surface area contributed by atoms with E-state index in [4.69, 9.17) is 5.73 Å². The monoisotopic (exact) mass is 153 g/mol. The van der Waals surface area contributed by atoms with Crippen molar-refractivity contribution in [3.8, 4) is 0 Å². The summed E-state index contributed by atoms with van der Waals surface area (Å²) in [4.78, 5) is 0. The lowest BCUT2D eigenvalue weighted by Gasteiger charge is -2.04. The molecule has 0 amide bonds. The first kappa shape index (κ1) is 8.27. The zero-order valence-electron chi connectivity index (χ0n) is 7.12. The van der Waals surface area contributed by atoms with Gasteiger partial charge in [0.15, 0.2) is 0 Å². The molecule has 1 heterocycles. The highest BCUT2D eigenvalue weighted by atomic mass is 15.3. The zero-order chi connectivity index (χ0) is 8.27. The summed E-state index contributed by atoms with van der Waals surface area (Å²) in [5.74, 6) is 0. The molecule has 11 heavy (non-hydrogen) atoms. The van der Waals surface area contributed by atoms with Gasteiger partial charge in [-0.15, -0.1) is 0 Å². The van der Waals surface area contributed by atoms with Gasteiger partial charge in [-0.3, -0.25) is 4.68 Å². The van der Waals surface area contributed by atoms with Crippen LogP contribution in [0.1, 0.15) is 31.5 Å². The number of aromatic nitrogens is 2. The Hall–Kier alpha value is -0.830. The largest absolute Gasteiger partial charge is 0.323 e. The quantitative estimate of drug-likeness (QED) is 0.709. The van der Waals surface area contributed by atoms with Crippen LogP contribution in [0.4, 0.5) is 0 Å². The number of hydrogen-bond acceptors (Lipinski definition) is 2. The summed E-state index contributed by atoms with van der Waals surface area (Å²) in [7, 11) is 1.90. The Morgan fingerprint density at radius 3 is 2.91 bits per heavy atom. The zero-order valence-corrected chi connectivity index (χ0v) is 7.12. The normalized spacial score (nSPS) is 13.4. The summed E-state index contributed by atoms with van der Waals surface area (Å²) >= 11 is 0. The molecule has 0 spiro atoms. The van der Waals surface area contributed by atoms with Crippen molar-refractivity contribution in [1.82, 2.24) is 9.78 Å². The first-order valence-corrected chi connectivity index (χ1v) is 3.99. The van der Waals surface area contributed by atoms with Crippen molar-refractivity contribution in [2.75, 3.05) is 0 Å². The van der Waals surface area contributed by atoms with Crippen LogP contribution in [0.15, 0.2) is 12.3 Å². The fourth-order valence-corrected chi connectivity index (χ4v) is 1.09. The molecule has 0 aliphatic heterocycles. The predicted octanol–water partition coefficient (Wildman–Crippen LogP) is 1.22. The van der Waals surface area contributed by atoms with E-state index in [-0.39, 0.29) is 6.04 Å². The van der Waals surface area contributed by atoms with Crippen LogP contribution in [0, 0.1) is 0 Å². The van der Waals surface area contributed by atoms with Gasteiger partial charge in [0.05, 0.1) is 5.69 Å². The van der Waals surface area contributed by atoms with E-state index in [2.05, 4.69) is 12.0 Å². The van der Waals surface area contributed by atoms with Gasteiger partial charge in [0.1, 0.15) is 0 Å². The average Bonchev–Trinajstić information content (AvgIpc) is 2.36. The molecule has 1 aromatic heterocycles. The Bertz CT molecular complexity index is 217. The van der Waals surface area contributed by atoms with Crippen molar-refractivity contribution in [3.05, 3.63) is 18.0 Å². The number of nitrogens with zero attached hydrogens (tertiary/aromatic N) is 2. The van der Waals surface area contributed by atoms with Gasteiger partial charge in [-0.2, -0.15) is 5.10 Å². The maximum atomic E-state index is 5.84. The number of aryl methyl sites for hydroxylation is 1. The van der Waals surface area contributed by atoms with Crippen LogP contribution in [0.5, 0.6) is 0 Å². The van der Waals surface area contributed by atoms with E-state index in [0.29, 0.717) is 0 Å². The summed E-state index contributed by atoms with van der Waals surface area (Å²) in [6.07, 6.45) is 4.04. The van der Waals surface area contributed by atoms with Crippen LogP contribution >= 0.6 is 0 Å². The summed E-state index contributed by atoms with van der Waals surface area (Å²) in [6, 6.07) is 2.08. The third-order valence-electron chi connectivity index (χ3n) is 1.71. The highest BCUT2D eigenvalue weighted by Crippen LogP contribution is 2.11. The van der Waals surface area contributed by atoms with E-state index in [0.717, 1.165) is 18.5 Å². The molecule has 62 valence electrons. The van der Waals surface area contributed by atoms with E-state index in [1.807, 2.05) is 19.3 Å². The van der Waals surface area contributed by atoms with Crippen LogP contribution in [-0.2, 0) is 7.05 Å². The fraction of sp³-hybridized carbons (Fsp3) is 0.625. The van der Waals surface area contributed by atoms with Gasteiger partial charge in [0.2, 0.25) is 0 Å². The van der Waals surface area contributed by atoms with Crippen LogP contribution in [0.25, 0.3) is 0 Å². The molecule has 1 aromatic rings. The molecule has 1 unspecified atom stereocenters. The van der Waals surface area contributed by atoms with E-state index in [9.17, 15) is 0 Å². The molecule has 1 atom stereocenters. The molecule has 1 rings (SSSR count). The van der Waals surface area contributed by atoms with Gasteiger partial charge >= 0.3 is 0 Å². The molecule has 0 aromatic carbocycles. The van der Waals surface area contributed by atoms with Crippen molar-refractivity contribution in [1.29, 1.82) is 0 Å². The second kappa shape index (κ2) is 3.53. The molecule has 0 fully saturated rings. The number of nitrogens with two attached hydrogens (primary N) is 1. The van der Waals surface area contributed by atoms with E-state index in [1.165, 1.54) is 0 Å². The highest BCUT2D eigenvalue weighted by molar-refractivity contribution is 5.03. The molecule has 0 saturated carbocycles. The second-order valence-corrected chi connectivity index (χ2v) is 2.81. The maximum Gasteiger partial charge on any atom is 0.0791 e. The van der Waals surface area contributed by atoms with Crippen molar-refractivity contribution < 1.29 is 0 Å². The summed E-state index contributed by atoms with van der Waals surface area (Å²) in [5, 5.41) is 4.22. The first-order valence-electron chi connectivity index (χ1n) is 3.99. The van der Waals surface area contributed by atoms with Gasteiger partial charge in [-0.05, 0) is 12.5 Å². The molecular formula is C8H15N3. The van der Waals surface area contributed by atoms with E-state index in [1.54, 1.807) is 4.68 Å². The van der Waals surface area contributed by atoms with Crippen molar-refractivity contribution in [2.45, 2.75) is 25.8 Å². The van der Waals surface area contributed by atoms with Crippen LogP contribution < -0.4 is 5.73 Å². The van der Waals surface area contributed by atoms with Crippen molar-refractivity contribution in [2.24, 2.45) is 12.8 Å². The lowest BCUT2D eigenvalue weighted by Crippen LogP contribution is -2.10. The molecule has 0 aliphatic carbocycles. The molecular weight excluding hydrogens is 138 g/mol. The van der Waals surface area contributed by atoms with Gasteiger partial charge in [0.25, 0.3) is 0 Å². The van der Waals surface area contributed by atoms with Gasteiger partial charge in [-0.25, -0.2) is 0 Å². The van der Waals surface area contributed by atoms with Crippen LogP contribution in [0.2, 0.25) is 0 Å². The Balaban J connectivity index is 2.60. The summed E-state index contributed by atoms with van der Waals surface area (Å²) < 4.78 is 1.78. The minimum absolute atomic E-state index is 0.112. The molecule has 3 nitrogen and oxygen atoms in total. The van der Waals surface area contributed by atoms with Crippen molar-refractivity contribution >= 4 is 0 Å². The third-order valence-corrected chi connectivity index (χ3v) is 1.71. The third kappa shape index (κ3) is 2.05. The molecule has 3 heteroatoms. The van der Waals surface area contributed by atoms with Crippen LogP contribution in [0.3, 0.4) is 0 Å². The Morgan fingerprint density at radius 1 is 1.73 bits per heavy atom. The summed E-state index contributed by atoms with van der Waals surface area (Å²) in [6.45, 7) is 2.13. The lowest BCUT2D eigenvalue weighted by atomic mass is 10.1. The highest BCUT2D eigenvalue weighted by Gasteiger charge is 2.06. The topological polar surface area (TPSA) is 43.8 Å².